The van der Waals surface area contributed by atoms with E-state index in [0.29, 0.717) is 12.6 Å². The Morgan fingerprint density at radius 3 is 2.74 bits per heavy atom. The molecule has 1 spiro atoms. The van der Waals surface area contributed by atoms with Crippen molar-refractivity contribution in [1.82, 2.24) is 4.90 Å². The van der Waals surface area contributed by atoms with Crippen LogP contribution in [0.25, 0.3) is 0 Å². The van der Waals surface area contributed by atoms with E-state index in [2.05, 4.69) is 29.2 Å². The molecule has 1 saturated carbocycles. The van der Waals surface area contributed by atoms with Crippen LogP contribution in [-0.4, -0.2) is 35.7 Å². The topological polar surface area (TPSA) is 50.8 Å². The molecule has 5 rings (SSSR count). The van der Waals surface area contributed by atoms with Gasteiger partial charge in [-0.3, -0.25) is 0 Å². The smallest absolute Gasteiger partial charge is 0.288 e. The van der Waals surface area contributed by atoms with Gasteiger partial charge in [0.05, 0.1) is 12.6 Å². The first kappa shape index (κ1) is 16.8. The Morgan fingerprint density at radius 2 is 1.96 bits per heavy atom. The predicted molar refractivity (Wildman–Crippen MR) is 103 cm³/mol. The Hall–Kier alpha value is -2.40. The van der Waals surface area contributed by atoms with Crippen molar-refractivity contribution >= 4 is 6.02 Å². The maximum atomic E-state index is 13.5. The third-order valence-electron chi connectivity index (χ3n) is 6.28. The van der Waals surface area contributed by atoms with E-state index in [1.165, 1.54) is 23.3 Å². The van der Waals surface area contributed by atoms with Gasteiger partial charge in [-0.25, -0.2) is 9.38 Å². The summed E-state index contributed by atoms with van der Waals surface area (Å²) in [6.07, 6.45) is 3.99. The van der Waals surface area contributed by atoms with Crippen LogP contribution in [-0.2, 0) is 11.2 Å². The Bertz CT molecular complexity index is 881. The number of hydrogen-bond acceptors (Lipinski definition) is 4. The lowest BCUT2D eigenvalue weighted by Gasteiger charge is -2.39. The van der Waals surface area contributed by atoms with Crippen molar-refractivity contribution in [2.24, 2.45) is 10.7 Å². The second-order valence-corrected chi connectivity index (χ2v) is 7.86. The summed E-state index contributed by atoms with van der Waals surface area (Å²) >= 11 is 0. The summed E-state index contributed by atoms with van der Waals surface area (Å²) in [6, 6.07) is 15.9. The van der Waals surface area contributed by atoms with Gasteiger partial charge in [-0.1, -0.05) is 36.4 Å². The van der Waals surface area contributed by atoms with Gasteiger partial charge >= 0.3 is 0 Å². The number of ether oxygens (including phenoxy) is 1. The molecule has 140 valence electrons. The zero-order chi connectivity index (χ0) is 18.4. The molecule has 2 aromatic rings. The van der Waals surface area contributed by atoms with Crippen LogP contribution in [0, 0.1) is 5.82 Å². The molecule has 4 nitrogen and oxygen atoms in total. The van der Waals surface area contributed by atoms with Gasteiger partial charge in [-0.05, 0) is 54.5 Å². The van der Waals surface area contributed by atoms with Crippen molar-refractivity contribution < 1.29 is 9.13 Å². The molecule has 0 saturated heterocycles. The van der Waals surface area contributed by atoms with Crippen molar-refractivity contribution in [1.29, 1.82) is 0 Å². The molecule has 0 unspecified atom stereocenters. The fourth-order valence-corrected chi connectivity index (χ4v) is 4.77. The zero-order valence-electron chi connectivity index (χ0n) is 15.3. The maximum absolute atomic E-state index is 13.5. The van der Waals surface area contributed by atoms with Crippen LogP contribution in [0.4, 0.5) is 4.39 Å². The second-order valence-electron chi connectivity index (χ2n) is 7.86. The summed E-state index contributed by atoms with van der Waals surface area (Å²) < 4.78 is 19.9. The lowest BCUT2D eigenvalue weighted by Crippen LogP contribution is -2.49. The highest BCUT2D eigenvalue weighted by atomic mass is 19.1. The number of aliphatic imine (C=N–C) groups is 1. The van der Waals surface area contributed by atoms with E-state index in [1.807, 2.05) is 12.1 Å². The first-order valence-corrected chi connectivity index (χ1v) is 9.75. The second kappa shape index (κ2) is 6.34. The first-order valence-electron chi connectivity index (χ1n) is 9.75. The molecular weight excluding hydrogens is 341 g/mol. The molecule has 2 aromatic carbocycles. The van der Waals surface area contributed by atoms with E-state index in [9.17, 15) is 4.39 Å². The van der Waals surface area contributed by atoms with Gasteiger partial charge in [0.25, 0.3) is 6.02 Å². The molecule has 5 heteroatoms. The Morgan fingerprint density at radius 1 is 1.15 bits per heavy atom. The molecule has 27 heavy (non-hydrogen) atoms. The number of hydrogen-bond donors (Lipinski definition) is 1. The van der Waals surface area contributed by atoms with Crippen LogP contribution in [0.1, 0.15) is 42.0 Å². The zero-order valence-corrected chi connectivity index (χ0v) is 15.3. The summed E-state index contributed by atoms with van der Waals surface area (Å²) in [5, 5.41) is 0. The molecule has 0 radical (unpaired) electrons. The minimum atomic E-state index is -0.334. The molecule has 2 aliphatic heterocycles. The highest BCUT2D eigenvalue weighted by molar-refractivity contribution is 5.78. The van der Waals surface area contributed by atoms with Crippen molar-refractivity contribution in [2.75, 3.05) is 13.1 Å². The highest BCUT2D eigenvalue weighted by Crippen LogP contribution is 2.41. The van der Waals surface area contributed by atoms with Gasteiger partial charge < -0.3 is 15.4 Å². The summed E-state index contributed by atoms with van der Waals surface area (Å²) in [7, 11) is 0. The SMILES string of the molecule is N[C@H]1CCC[C@@]12CN=C(N1CCc3ccccc3[C@@H]1c1ccc(F)cc1)O2. The minimum Gasteiger partial charge on any atom is -0.455 e. The Balaban J connectivity index is 1.52. The molecule has 0 aromatic heterocycles. The van der Waals surface area contributed by atoms with E-state index < -0.39 is 0 Å². The standard InChI is InChI=1S/C22H24FN3O/c23-17-9-7-16(8-10-17)20-18-5-2-1-4-15(18)11-13-26(20)21-25-14-22(27-21)12-3-6-19(22)24/h1-2,4-5,7-10,19-20H,3,6,11-14,24H2/t19-,20-,22+/m0/s1. The minimum absolute atomic E-state index is 0.0259. The summed E-state index contributed by atoms with van der Waals surface area (Å²) in [5.74, 6) is -0.222. The van der Waals surface area contributed by atoms with Crippen molar-refractivity contribution in [3.8, 4) is 0 Å². The van der Waals surface area contributed by atoms with Crippen molar-refractivity contribution in [3.05, 3.63) is 71.0 Å². The quantitative estimate of drug-likeness (QED) is 0.843. The Labute approximate surface area is 158 Å². The van der Waals surface area contributed by atoms with Gasteiger partial charge in [-0.15, -0.1) is 0 Å². The maximum Gasteiger partial charge on any atom is 0.288 e. The Kier molecular flexibility index (Phi) is 3.93. The molecule has 1 fully saturated rings. The van der Waals surface area contributed by atoms with Gasteiger partial charge in [-0.2, -0.15) is 0 Å². The molecule has 2 heterocycles. The summed E-state index contributed by atoms with van der Waals surface area (Å²) in [4.78, 5) is 7.01. The van der Waals surface area contributed by atoms with Crippen LogP contribution >= 0.6 is 0 Å². The van der Waals surface area contributed by atoms with E-state index in [-0.39, 0.29) is 23.5 Å². The normalized spacial score (nSPS) is 29.6. The number of nitrogens with zero attached hydrogens (tertiary/aromatic N) is 2. The predicted octanol–water partition coefficient (Wildman–Crippen LogP) is 3.41. The molecule has 1 aliphatic carbocycles. The number of rotatable bonds is 1. The van der Waals surface area contributed by atoms with E-state index in [0.717, 1.165) is 37.8 Å². The van der Waals surface area contributed by atoms with Crippen molar-refractivity contribution in [3.63, 3.8) is 0 Å². The summed E-state index contributed by atoms with van der Waals surface area (Å²) in [6.45, 7) is 1.46. The first-order chi connectivity index (χ1) is 13.2. The lowest BCUT2D eigenvalue weighted by molar-refractivity contribution is 0.0551. The van der Waals surface area contributed by atoms with E-state index in [1.54, 1.807) is 0 Å². The van der Waals surface area contributed by atoms with Crippen LogP contribution in [0.2, 0.25) is 0 Å². The molecule has 3 atom stereocenters. The average molecular weight is 365 g/mol. The third-order valence-corrected chi connectivity index (χ3v) is 6.28. The molecular formula is C22H24FN3O. The number of fused-ring (bicyclic) bond motifs is 1. The number of benzene rings is 2. The number of amidine groups is 1. The van der Waals surface area contributed by atoms with Crippen molar-refractivity contribution in [2.45, 2.75) is 43.4 Å². The highest BCUT2D eigenvalue weighted by Gasteiger charge is 2.49. The van der Waals surface area contributed by atoms with Crippen LogP contribution < -0.4 is 5.73 Å². The van der Waals surface area contributed by atoms with Crippen LogP contribution in [0.15, 0.2) is 53.5 Å². The average Bonchev–Trinajstić information content (AvgIpc) is 3.28. The van der Waals surface area contributed by atoms with Crippen LogP contribution in [0.5, 0.6) is 0 Å². The number of halogens is 1. The third kappa shape index (κ3) is 2.72. The summed E-state index contributed by atoms with van der Waals surface area (Å²) in [5.41, 5.74) is 9.62. The fraction of sp³-hybridized carbons (Fsp3) is 0.409. The largest absolute Gasteiger partial charge is 0.455 e. The van der Waals surface area contributed by atoms with Gasteiger partial charge in [0.2, 0.25) is 0 Å². The molecule has 0 amide bonds. The molecule has 0 bridgehead atoms. The van der Waals surface area contributed by atoms with Gasteiger partial charge in [0.15, 0.2) is 0 Å². The van der Waals surface area contributed by atoms with E-state index >= 15 is 0 Å². The van der Waals surface area contributed by atoms with Gasteiger partial charge in [0.1, 0.15) is 11.4 Å². The lowest BCUT2D eigenvalue weighted by atomic mass is 9.88. The number of nitrogens with two attached hydrogens (primary N) is 1. The fourth-order valence-electron chi connectivity index (χ4n) is 4.77. The van der Waals surface area contributed by atoms with Gasteiger partial charge in [0, 0.05) is 12.6 Å². The van der Waals surface area contributed by atoms with Crippen LogP contribution in [0.3, 0.4) is 0 Å². The molecule has 2 N–H and O–H groups in total. The van der Waals surface area contributed by atoms with E-state index in [4.69, 9.17) is 15.5 Å². The molecule has 3 aliphatic rings. The monoisotopic (exact) mass is 365 g/mol.